The molecule has 1 aromatic carbocycles. The smallest absolute Gasteiger partial charge is 0.379 e. The average Bonchev–Trinajstić information content (AvgIpc) is 2.10. The van der Waals surface area contributed by atoms with Gasteiger partial charge in [-0.3, -0.25) is 0 Å². The summed E-state index contributed by atoms with van der Waals surface area (Å²) in [5.41, 5.74) is -1.52. The number of aryl methyl sites for hydroxylation is 1. The van der Waals surface area contributed by atoms with Gasteiger partial charge in [0.2, 0.25) is 0 Å². The van der Waals surface area contributed by atoms with Crippen LogP contribution in [0.25, 0.3) is 0 Å². The third-order valence-electron chi connectivity index (χ3n) is 1.90. The van der Waals surface area contributed by atoms with Gasteiger partial charge in [0.25, 0.3) is 0 Å². The molecule has 1 rings (SSSR count). The van der Waals surface area contributed by atoms with Crippen LogP contribution in [-0.4, -0.2) is 11.3 Å². The number of halogens is 5. The van der Waals surface area contributed by atoms with Gasteiger partial charge < -0.3 is 5.11 Å². The van der Waals surface area contributed by atoms with Gasteiger partial charge >= 0.3 is 6.18 Å². The fraction of sp³-hybridized carbons (Fsp3) is 0.333. The van der Waals surface area contributed by atoms with E-state index in [9.17, 15) is 22.0 Å². The highest BCUT2D eigenvalue weighted by Gasteiger charge is 2.42. The fourth-order valence-corrected chi connectivity index (χ4v) is 1.09. The van der Waals surface area contributed by atoms with Gasteiger partial charge in [0.05, 0.1) is 5.56 Å². The van der Waals surface area contributed by atoms with Crippen molar-refractivity contribution in [3.8, 4) is 0 Å². The highest BCUT2D eigenvalue weighted by molar-refractivity contribution is 5.29. The maximum atomic E-state index is 13.1. The number of alkyl halides is 3. The van der Waals surface area contributed by atoms with Crippen LogP contribution in [-0.2, 0) is 0 Å². The van der Waals surface area contributed by atoms with E-state index in [4.69, 9.17) is 5.11 Å². The first-order chi connectivity index (χ1) is 6.75. The molecule has 15 heavy (non-hydrogen) atoms. The van der Waals surface area contributed by atoms with Crippen molar-refractivity contribution < 1.29 is 27.1 Å². The lowest BCUT2D eigenvalue weighted by molar-refractivity contribution is -0.208. The fourth-order valence-electron chi connectivity index (χ4n) is 1.09. The molecule has 1 atom stereocenters. The summed E-state index contributed by atoms with van der Waals surface area (Å²) in [6.07, 6.45) is -8.23. The second-order valence-corrected chi connectivity index (χ2v) is 3.04. The SMILES string of the molecule is Cc1ccc(F)c(C(O)C(F)(F)F)c1F. The van der Waals surface area contributed by atoms with Crippen molar-refractivity contribution in [1.29, 1.82) is 0 Å². The molecule has 1 N–H and O–H groups in total. The summed E-state index contributed by atoms with van der Waals surface area (Å²) in [6.45, 7) is 1.18. The Kier molecular flexibility index (Phi) is 2.99. The van der Waals surface area contributed by atoms with E-state index in [0.29, 0.717) is 6.07 Å². The lowest BCUT2D eigenvalue weighted by atomic mass is 10.0. The third-order valence-corrected chi connectivity index (χ3v) is 1.90. The van der Waals surface area contributed by atoms with Crippen molar-refractivity contribution in [2.45, 2.75) is 19.2 Å². The van der Waals surface area contributed by atoms with E-state index in [1.165, 1.54) is 6.92 Å². The summed E-state index contributed by atoms with van der Waals surface area (Å²) in [7, 11) is 0. The first-order valence-electron chi connectivity index (χ1n) is 3.94. The van der Waals surface area contributed by atoms with E-state index >= 15 is 0 Å². The average molecular weight is 226 g/mol. The topological polar surface area (TPSA) is 20.2 Å². The zero-order chi connectivity index (χ0) is 11.8. The van der Waals surface area contributed by atoms with E-state index in [1.807, 2.05) is 0 Å². The molecule has 84 valence electrons. The van der Waals surface area contributed by atoms with Crippen molar-refractivity contribution in [2.75, 3.05) is 0 Å². The molecule has 6 heteroatoms. The number of rotatable bonds is 1. The molecule has 0 aromatic heterocycles. The zero-order valence-electron chi connectivity index (χ0n) is 7.57. The van der Waals surface area contributed by atoms with Crippen LogP contribution in [0.4, 0.5) is 22.0 Å². The molecule has 1 nitrogen and oxygen atoms in total. The Morgan fingerprint density at radius 1 is 1.20 bits per heavy atom. The summed E-state index contributed by atoms with van der Waals surface area (Å²) in [4.78, 5) is 0. The minimum Gasteiger partial charge on any atom is -0.379 e. The van der Waals surface area contributed by atoms with Crippen molar-refractivity contribution in [2.24, 2.45) is 0 Å². The first-order valence-corrected chi connectivity index (χ1v) is 3.94. The van der Waals surface area contributed by atoms with Gasteiger partial charge in [0.15, 0.2) is 6.10 Å². The Labute approximate surface area is 82.1 Å². The van der Waals surface area contributed by atoms with Crippen LogP contribution in [0.2, 0.25) is 0 Å². The van der Waals surface area contributed by atoms with E-state index < -0.39 is 29.5 Å². The van der Waals surface area contributed by atoms with Gasteiger partial charge in [-0.1, -0.05) is 6.07 Å². The lowest BCUT2D eigenvalue weighted by Gasteiger charge is -2.16. The van der Waals surface area contributed by atoms with Crippen LogP contribution in [0.1, 0.15) is 17.2 Å². The van der Waals surface area contributed by atoms with Crippen molar-refractivity contribution in [3.05, 3.63) is 34.9 Å². The van der Waals surface area contributed by atoms with Crippen molar-refractivity contribution in [3.63, 3.8) is 0 Å². The Balaban J connectivity index is 3.31. The van der Waals surface area contributed by atoms with Crippen LogP contribution in [0.5, 0.6) is 0 Å². The minimum atomic E-state index is -5.09. The Hall–Kier alpha value is -1.17. The molecule has 1 unspecified atom stereocenters. The summed E-state index contributed by atoms with van der Waals surface area (Å²) < 4.78 is 62.2. The molecule has 0 amide bonds. The van der Waals surface area contributed by atoms with Crippen LogP contribution in [0.3, 0.4) is 0 Å². The van der Waals surface area contributed by atoms with E-state index in [-0.39, 0.29) is 5.56 Å². The number of aliphatic hydroxyl groups is 1. The van der Waals surface area contributed by atoms with E-state index in [1.54, 1.807) is 0 Å². The highest BCUT2D eigenvalue weighted by Crippen LogP contribution is 2.35. The lowest BCUT2D eigenvalue weighted by Crippen LogP contribution is -2.22. The second kappa shape index (κ2) is 3.77. The van der Waals surface area contributed by atoms with Crippen LogP contribution >= 0.6 is 0 Å². The summed E-state index contributed by atoms with van der Waals surface area (Å²) >= 11 is 0. The first kappa shape index (κ1) is 11.9. The van der Waals surface area contributed by atoms with Gasteiger partial charge in [-0.05, 0) is 18.6 Å². The van der Waals surface area contributed by atoms with Crippen molar-refractivity contribution >= 4 is 0 Å². The molecule has 1 aromatic rings. The molecule has 0 spiro atoms. The van der Waals surface area contributed by atoms with Gasteiger partial charge in [0, 0.05) is 0 Å². The number of hydrogen-bond acceptors (Lipinski definition) is 1. The summed E-state index contributed by atoms with van der Waals surface area (Å²) in [5.74, 6) is -2.79. The van der Waals surface area contributed by atoms with Crippen LogP contribution < -0.4 is 0 Å². The quantitative estimate of drug-likeness (QED) is 0.730. The number of hydrogen-bond donors (Lipinski definition) is 1. The predicted molar refractivity (Wildman–Crippen MR) is 42.1 cm³/mol. The van der Waals surface area contributed by atoms with Crippen LogP contribution in [0.15, 0.2) is 12.1 Å². The Bertz CT molecular complexity index is 372. The van der Waals surface area contributed by atoms with Crippen molar-refractivity contribution in [1.82, 2.24) is 0 Å². The molecule has 0 aliphatic carbocycles. The second-order valence-electron chi connectivity index (χ2n) is 3.04. The van der Waals surface area contributed by atoms with E-state index in [0.717, 1.165) is 6.07 Å². The summed E-state index contributed by atoms with van der Waals surface area (Å²) in [5, 5.41) is 8.74. The molecular formula is C9H7F5O. The maximum absolute atomic E-state index is 13.1. The van der Waals surface area contributed by atoms with Gasteiger partial charge in [-0.25, -0.2) is 8.78 Å². The maximum Gasteiger partial charge on any atom is 0.418 e. The molecule has 0 aliphatic rings. The third kappa shape index (κ3) is 2.26. The normalized spacial score (nSPS) is 14.1. The summed E-state index contributed by atoms with van der Waals surface area (Å²) in [6, 6.07) is 1.68. The van der Waals surface area contributed by atoms with Gasteiger partial charge in [-0.2, -0.15) is 13.2 Å². The van der Waals surface area contributed by atoms with Crippen LogP contribution in [0, 0.1) is 18.6 Å². The molecule has 0 radical (unpaired) electrons. The standard InChI is InChI=1S/C9H7F5O/c1-4-2-3-5(10)6(7(4)11)8(15)9(12,13)14/h2-3,8,15H,1H3. The zero-order valence-corrected chi connectivity index (χ0v) is 7.57. The molecule has 0 heterocycles. The highest BCUT2D eigenvalue weighted by atomic mass is 19.4. The molecule has 0 aliphatic heterocycles. The monoisotopic (exact) mass is 226 g/mol. The van der Waals surface area contributed by atoms with Gasteiger partial charge in [-0.15, -0.1) is 0 Å². The number of benzene rings is 1. The predicted octanol–water partition coefficient (Wildman–Crippen LogP) is 2.87. The minimum absolute atomic E-state index is 0.158. The Morgan fingerprint density at radius 3 is 2.20 bits per heavy atom. The largest absolute Gasteiger partial charge is 0.418 e. The van der Waals surface area contributed by atoms with Gasteiger partial charge in [0.1, 0.15) is 11.6 Å². The van der Waals surface area contributed by atoms with E-state index in [2.05, 4.69) is 0 Å². The Morgan fingerprint density at radius 2 is 1.73 bits per heavy atom. The molecule has 0 bridgehead atoms. The molecular weight excluding hydrogens is 219 g/mol. The molecule has 0 fully saturated rings. The molecule has 0 saturated heterocycles. The molecule has 0 saturated carbocycles. The number of aliphatic hydroxyl groups excluding tert-OH is 1.